The molecular formula is C12H13N3O2. The Bertz CT molecular complexity index is 532. The molecule has 0 aliphatic rings. The van der Waals surface area contributed by atoms with Gasteiger partial charge in [-0.3, -0.25) is 4.79 Å². The summed E-state index contributed by atoms with van der Waals surface area (Å²) < 4.78 is 1.55. The fraction of sp³-hybridized carbons (Fsp3) is 0.250. The Morgan fingerprint density at radius 3 is 2.53 bits per heavy atom. The van der Waals surface area contributed by atoms with Crippen LogP contribution in [0.1, 0.15) is 19.5 Å². The van der Waals surface area contributed by atoms with Crippen LogP contribution < -0.4 is 0 Å². The summed E-state index contributed by atoms with van der Waals surface area (Å²) in [6, 6.07) is 9.35. The molecule has 1 heterocycles. The molecular weight excluding hydrogens is 218 g/mol. The Morgan fingerprint density at radius 2 is 1.94 bits per heavy atom. The number of carboxylic acids is 1. The molecule has 1 aromatic carbocycles. The highest BCUT2D eigenvalue weighted by Crippen LogP contribution is 2.24. The van der Waals surface area contributed by atoms with Gasteiger partial charge < -0.3 is 5.11 Å². The number of hydrogen-bond acceptors (Lipinski definition) is 3. The third kappa shape index (κ3) is 1.91. The smallest absolute Gasteiger partial charge is 0.315 e. The van der Waals surface area contributed by atoms with Gasteiger partial charge in [-0.2, -0.15) is 0 Å². The van der Waals surface area contributed by atoms with Crippen molar-refractivity contribution in [2.45, 2.75) is 19.3 Å². The maximum absolute atomic E-state index is 11.2. The first-order valence-corrected chi connectivity index (χ1v) is 5.23. The molecule has 2 aromatic rings. The molecule has 0 aliphatic carbocycles. The normalized spacial score (nSPS) is 11.4. The monoisotopic (exact) mass is 231 g/mol. The van der Waals surface area contributed by atoms with Crippen molar-refractivity contribution in [3.8, 4) is 5.69 Å². The van der Waals surface area contributed by atoms with Gasteiger partial charge in [0.15, 0.2) is 0 Å². The van der Waals surface area contributed by atoms with Crippen molar-refractivity contribution in [1.82, 2.24) is 15.0 Å². The van der Waals surface area contributed by atoms with Crippen LogP contribution in [0.2, 0.25) is 0 Å². The first-order chi connectivity index (χ1) is 8.03. The predicted molar refractivity (Wildman–Crippen MR) is 62.0 cm³/mol. The highest BCUT2D eigenvalue weighted by molar-refractivity contribution is 5.79. The fourth-order valence-corrected chi connectivity index (χ4v) is 1.53. The molecule has 0 aliphatic heterocycles. The van der Waals surface area contributed by atoms with Gasteiger partial charge in [-0.05, 0) is 26.0 Å². The van der Waals surface area contributed by atoms with Gasteiger partial charge in [0.25, 0.3) is 0 Å². The van der Waals surface area contributed by atoms with E-state index in [9.17, 15) is 9.90 Å². The largest absolute Gasteiger partial charge is 0.481 e. The molecule has 0 unspecified atom stereocenters. The molecule has 0 saturated carbocycles. The van der Waals surface area contributed by atoms with Gasteiger partial charge >= 0.3 is 5.97 Å². The van der Waals surface area contributed by atoms with Gasteiger partial charge in [0, 0.05) is 0 Å². The van der Waals surface area contributed by atoms with Crippen molar-refractivity contribution in [2.75, 3.05) is 0 Å². The first-order valence-electron chi connectivity index (χ1n) is 5.23. The summed E-state index contributed by atoms with van der Waals surface area (Å²) in [7, 11) is 0. The van der Waals surface area contributed by atoms with E-state index in [-0.39, 0.29) is 0 Å². The third-order valence-corrected chi connectivity index (χ3v) is 2.73. The molecule has 1 N–H and O–H groups in total. The van der Waals surface area contributed by atoms with Gasteiger partial charge in [0.05, 0.1) is 17.6 Å². The molecule has 0 atom stereocenters. The lowest BCUT2D eigenvalue weighted by Gasteiger charge is -2.19. The first kappa shape index (κ1) is 11.3. The van der Waals surface area contributed by atoms with E-state index in [1.54, 1.807) is 18.5 Å². The summed E-state index contributed by atoms with van der Waals surface area (Å²) >= 11 is 0. The van der Waals surface area contributed by atoms with Crippen LogP contribution in [0.4, 0.5) is 0 Å². The maximum atomic E-state index is 11.2. The molecule has 0 spiro atoms. The number of aromatic nitrogens is 3. The van der Waals surface area contributed by atoms with E-state index < -0.39 is 11.4 Å². The van der Waals surface area contributed by atoms with Crippen LogP contribution >= 0.6 is 0 Å². The van der Waals surface area contributed by atoms with E-state index in [2.05, 4.69) is 10.3 Å². The molecule has 1 aromatic heterocycles. The lowest BCUT2D eigenvalue weighted by molar-refractivity contribution is -0.142. The number of benzene rings is 1. The third-order valence-electron chi connectivity index (χ3n) is 2.73. The molecule has 88 valence electrons. The highest BCUT2D eigenvalue weighted by atomic mass is 16.4. The highest BCUT2D eigenvalue weighted by Gasteiger charge is 2.33. The van der Waals surface area contributed by atoms with Crippen molar-refractivity contribution < 1.29 is 9.90 Å². The van der Waals surface area contributed by atoms with Gasteiger partial charge in [0.1, 0.15) is 5.41 Å². The number of nitrogens with zero attached hydrogens (tertiary/aromatic N) is 3. The number of carbonyl (C=O) groups is 1. The molecule has 0 radical (unpaired) electrons. The Hall–Kier alpha value is -2.17. The predicted octanol–water partition coefficient (Wildman–Crippen LogP) is 1.63. The molecule has 0 amide bonds. The van der Waals surface area contributed by atoms with E-state index in [0.29, 0.717) is 5.69 Å². The zero-order chi connectivity index (χ0) is 12.5. The van der Waals surface area contributed by atoms with E-state index in [4.69, 9.17) is 0 Å². The summed E-state index contributed by atoms with van der Waals surface area (Å²) in [5.41, 5.74) is 0.324. The minimum atomic E-state index is -1.03. The van der Waals surface area contributed by atoms with Crippen LogP contribution in [0.5, 0.6) is 0 Å². The summed E-state index contributed by atoms with van der Waals surface area (Å²) in [6.07, 6.45) is 1.49. The van der Waals surface area contributed by atoms with Crippen LogP contribution in [-0.4, -0.2) is 26.1 Å². The van der Waals surface area contributed by atoms with Crippen LogP contribution in [0.15, 0.2) is 36.5 Å². The van der Waals surface area contributed by atoms with Crippen LogP contribution in [0.25, 0.3) is 5.69 Å². The number of carboxylic acid groups (broad SMARTS) is 1. The zero-order valence-corrected chi connectivity index (χ0v) is 9.66. The lowest BCUT2D eigenvalue weighted by atomic mass is 9.90. The lowest BCUT2D eigenvalue weighted by Crippen LogP contribution is -2.31. The van der Waals surface area contributed by atoms with Gasteiger partial charge in [-0.15, -0.1) is 5.10 Å². The minimum absolute atomic E-state index is 0.552. The molecule has 5 heteroatoms. The molecule has 0 bridgehead atoms. The summed E-state index contributed by atoms with van der Waals surface area (Å²) in [5, 5.41) is 17.0. The van der Waals surface area contributed by atoms with Crippen molar-refractivity contribution in [2.24, 2.45) is 0 Å². The second kappa shape index (κ2) is 4.01. The Morgan fingerprint density at radius 1 is 1.29 bits per heavy atom. The Balaban J connectivity index is 2.53. The maximum Gasteiger partial charge on any atom is 0.315 e. The van der Waals surface area contributed by atoms with E-state index >= 15 is 0 Å². The molecule has 0 saturated heterocycles. The average Bonchev–Trinajstić information content (AvgIpc) is 2.79. The Labute approximate surface area is 98.7 Å². The molecule has 2 rings (SSSR count). The SMILES string of the molecule is CC(C)(C(=O)O)c1cnnn1-c1ccccc1. The van der Waals surface area contributed by atoms with Crippen molar-refractivity contribution in [1.29, 1.82) is 0 Å². The van der Waals surface area contributed by atoms with Crippen molar-refractivity contribution in [3.05, 3.63) is 42.2 Å². The van der Waals surface area contributed by atoms with Gasteiger partial charge in [0.2, 0.25) is 0 Å². The average molecular weight is 231 g/mol. The number of aliphatic carboxylic acids is 1. The van der Waals surface area contributed by atoms with Crippen molar-refractivity contribution in [3.63, 3.8) is 0 Å². The van der Waals surface area contributed by atoms with Crippen LogP contribution in [0.3, 0.4) is 0 Å². The fourth-order valence-electron chi connectivity index (χ4n) is 1.53. The molecule has 5 nitrogen and oxygen atoms in total. The summed E-state index contributed by atoms with van der Waals surface area (Å²) in [6.45, 7) is 3.26. The van der Waals surface area contributed by atoms with Crippen LogP contribution in [-0.2, 0) is 10.2 Å². The topological polar surface area (TPSA) is 68.0 Å². The Kier molecular flexibility index (Phi) is 2.67. The zero-order valence-electron chi connectivity index (χ0n) is 9.66. The standard InChI is InChI=1S/C12H13N3O2/c1-12(2,11(16)17)10-8-13-14-15(10)9-6-4-3-5-7-9/h3-8H,1-2H3,(H,16,17). The van der Waals surface area contributed by atoms with Crippen LogP contribution in [0, 0.1) is 0 Å². The molecule has 17 heavy (non-hydrogen) atoms. The second-order valence-corrected chi connectivity index (χ2v) is 4.30. The quantitative estimate of drug-likeness (QED) is 0.871. The summed E-state index contributed by atoms with van der Waals surface area (Å²) in [4.78, 5) is 11.2. The van der Waals surface area contributed by atoms with E-state index in [0.717, 1.165) is 5.69 Å². The van der Waals surface area contributed by atoms with Gasteiger partial charge in [-0.25, -0.2) is 4.68 Å². The summed E-state index contributed by atoms with van der Waals surface area (Å²) in [5.74, 6) is -0.906. The number of rotatable bonds is 3. The number of hydrogen-bond donors (Lipinski definition) is 1. The van der Waals surface area contributed by atoms with Crippen molar-refractivity contribution >= 4 is 5.97 Å². The minimum Gasteiger partial charge on any atom is -0.481 e. The molecule has 0 fully saturated rings. The second-order valence-electron chi connectivity index (χ2n) is 4.30. The van der Waals surface area contributed by atoms with E-state index in [1.807, 2.05) is 30.3 Å². The number of para-hydroxylation sites is 1. The van der Waals surface area contributed by atoms with E-state index in [1.165, 1.54) is 6.20 Å². The van der Waals surface area contributed by atoms with Gasteiger partial charge in [-0.1, -0.05) is 23.4 Å².